The number of piperidine rings is 1. The second-order valence-electron chi connectivity index (χ2n) is 3.90. The summed E-state index contributed by atoms with van der Waals surface area (Å²) in [4.78, 5) is 2.40. The predicted octanol–water partition coefficient (Wildman–Crippen LogP) is 2.35. The van der Waals surface area contributed by atoms with Crippen molar-refractivity contribution in [3.63, 3.8) is 0 Å². The van der Waals surface area contributed by atoms with Crippen molar-refractivity contribution < 1.29 is 1.43 Å². The van der Waals surface area contributed by atoms with Crippen molar-refractivity contribution in [1.29, 1.82) is 0 Å². The minimum absolute atomic E-state index is 0. The highest BCUT2D eigenvalue weighted by molar-refractivity contribution is 4.76. The van der Waals surface area contributed by atoms with Crippen LogP contribution in [0.15, 0.2) is 0 Å². The van der Waals surface area contributed by atoms with Gasteiger partial charge in [0.2, 0.25) is 0 Å². The minimum atomic E-state index is 0. The Kier molecular flexibility index (Phi) is 7.29. The Balaban J connectivity index is 0. The first-order valence-corrected chi connectivity index (χ1v) is 5.63. The highest BCUT2D eigenvalue weighted by Gasteiger charge is 2.16. The lowest BCUT2D eigenvalue weighted by atomic mass is 10.1. The highest BCUT2D eigenvalue weighted by atomic mass is 15.1. The monoisotopic (exact) mass is 188 g/mol. The van der Waals surface area contributed by atoms with E-state index in [1.54, 1.807) is 0 Å². The molecule has 1 aliphatic rings. The number of nitrogens with one attached hydrogen (secondary N) is 1. The summed E-state index contributed by atoms with van der Waals surface area (Å²) in [5, 5.41) is 3.58. The van der Waals surface area contributed by atoms with E-state index in [2.05, 4.69) is 31.1 Å². The van der Waals surface area contributed by atoms with Gasteiger partial charge in [0.1, 0.15) is 0 Å². The minimum Gasteiger partial charge on any atom is -0.312 e. The average molecular weight is 188 g/mol. The first-order valence-electron chi connectivity index (χ1n) is 5.63. The van der Waals surface area contributed by atoms with Gasteiger partial charge in [0, 0.05) is 13.5 Å². The van der Waals surface area contributed by atoms with Crippen molar-refractivity contribution in [2.75, 3.05) is 20.1 Å². The van der Waals surface area contributed by atoms with E-state index in [1.807, 2.05) is 13.8 Å². The van der Waals surface area contributed by atoms with Gasteiger partial charge in [-0.1, -0.05) is 27.7 Å². The number of likely N-dealkylation sites (tertiary alicyclic amines) is 1. The van der Waals surface area contributed by atoms with Gasteiger partial charge in [0.15, 0.2) is 0 Å². The normalized spacial score (nSPS) is 19.8. The topological polar surface area (TPSA) is 15.3 Å². The summed E-state index contributed by atoms with van der Waals surface area (Å²) >= 11 is 0. The van der Waals surface area contributed by atoms with Gasteiger partial charge in [0.25, 0.3) is 0 Å². The van der Waals surface area contributed by atoms with Crippen LogP contribution >= 0.6 is 0 Å². The van der Waals surface area contributed by atoms with E-state index in [0.29, 0.717) is 6.04 Å². The molecule has 0 bridgehead atoms. The standard InChI is InChI=1S/C9H20N2.C2H6.H2/c1-8(2)10-9-4-6-11(3)7-5-9;1-2;/h8-10H,4-7H2,1-3H3;1-2H3;1H. The van der Waals surface area contributed by atoms with E-state index in [0.717, 1.165) is 6.04 Å². The molecule has 0 unspecified atom stereocenters. The molecule has 0 atom stereocenters. The molecular weight excluding hydrogens is 160 g/mol. The Morgan fingerprint density at radius 2 is 1.69 bits per heavy atom. The smallest absolute Gasteiger partial charge is 0.00937 e. The predicted molar refractivity (Wildman–Crippen MR) is 62.3 cm³/mol. The van der Waals surface area contributed by atoms with Gasteiger partial charge in [-0.05, 0) is 33.0 Å². The summed E-state index contributed by atoms with van der Waals surface area (Å²) in [6, 6.07) is 1.41. The molecule has 0 aromatic carbocycles. The van der Waals surface area contributed by atoms with Crippen LogP contribution in [0.1, 0.15) is 42.0 Å². The van der Waals surface area contributed by atoms with Crippen LogP contribution in [0.2, 0.25) is 0 Å². The van der Waals surface area contributed by atoms with E-state index in [9.17, 15) is 0 Å². The molecule has 1 aliphatic heterocycles. The van der Waals surface area contributed by atoms with Gasteiger partial charge < -0.3 is 10.2 Å². The van der Waals surface area contributed by atoms with Crippen LogP contribution < -0.4 is 5.32 Å². The van der Waals surface area contributed by atoms with Crippen molar-refractivity contribution >= 4 is 0 Å². The van der Waals surface area contributed by atoms with Crippen molar-refractivity contribution in [1.82, 2.24) is 10.2 Å². The maximum atomic E-state index is 3.58. The maximum absolute atomic E-state index is 3.58. The van der Waals surface area contributed by atoms with E-state index in [-0.39, 0.29) is 1.43 Å². The Bertz CT molecular complexity index is 110. The fourth-order valence-electron chi connectivity index (χ4n) is 1.65. The highest BCUT2D eigenvalue weighted by Crippen LogP contribution is 2.08. The molecule has 1 heterocycles. The molecule has 2 heteroatoms. The van der Waals surface area contributed by atoms with Crippen LogP contribution in [-0.2, 0) is 0 Å². The zero-order chi connectivity index (χ0) is 10.3. The van der Waals surface area contributed by atoms with Crippen LogP contribution in [0.25, 0.3) is 0 Å². The second kappa shape index (κ2) is 7.34. The molecule has 0 aromatic rings. The number of nitrogens with zero attached hydrogens (tertiary/aromatic N) is 1. The molecule has 1 N–H and O–H groups in total. The van der Waals surface area contributed by atoms with Crippen LogP contribution in [0.4, 0.5) is 0 Å². The van der Waals surface area contributed by atoms with Crippen LogP contribution in [0.3, 0.4) is 0 Å². The zero-order valence-electron chi connectivity index (χ0n) is 9.93. The fraction of sp³-hybridized carbons (Fsp3) is 1.00. The van der Waals surface area contributed by atoms with Gasteiger partial charge in [-0.2, -0.15) is 0 Å². The van der Waals surface area contributed by atoms with Crippen molar-refractivity contribution in [2.45, 2.75) is 52.6 Å². The Labute approximate surface area is 85.2 Å². The van der Waals surface area contributed by atoms with E-state index < -0.39 is 0 Å². The molecule has 0 saturated carbocycles. The summed E-state index contributed by atoms with van der Waals surface area (Å²) in [6.07, 6.45) is 2.63. The molecule has 82 valence electrons. The number of hydrogen-bond acceptors (Lipinski definition) is 2. The first-order chi connectivity index (χ1) is 6.18. The molecule has 0 radical (unpaired) electrons. The van der Waals surface area contributed by atoms with Crippen molar-refractivity contribution in [3.8, 4) is 0 Å². The molecule has 0 aromatic heterocycles. The summed E-state index contributed by atoms with van der Waals surface area (Å²) in [7, 11) is 2.20. The van der Waals surface area contributed by atoms with E-state index in [4.69, 9.17) is 0 Å². The average Bonchev–Trinajstić information content (AvgIpc) is 2.12. The summed E-state index contributed by atoms with van der Waals surface area (Å²) in [6.45, 7) is 10.9. The molecule has 1 rings (SSSR count). The maximum Gasteiger partial charge on any atom is 0.00937 e. The fourth-order valence-corrected chi connectivity index (χ4v) is 1.65. The molecular formula is C11H28N2. The molecule has 0 aliphatic carbocycles. The lowest BCUT2D eigenvalue weighted by Gasteiger charge is -2.30. The summed E-state index contributed by atoms with van der Waals surface area (Å²) < 4.78 is 0. The number of rotatable bonds is 2. The quantitative estimate of drug-likeness (QED) is 0.715. The summed E-state index contributed by atoms with van der Waals surface area (Å²) in [5.74, 6) is 0. The first kappa shape index (κ1) is 12.9. The van der Waals surface area contributed by atoms with Gasteiger partial charge in [-0.15, -0.1) is 0 Å². The van der Waals surface area contributed by atoms with Gasteiger partial charge >= 0.3 is 0 Å². The molecule has 1 fully saturated rings. The van der Waals surface area contributed by atoms with E-state index >= 15 is 0 Å². The SMILES string of the molecule is CC.CC(C)NC1CCN(C)CC1.[HH]. The zero-order valence-corrected chi connectivity index (χ0v) is 9.93. The van der Waals surface area contributed by atoms with Gasteiger partial charge in [0.05, 0.1) is 0 Å². The molecule has 1 saturated heterocycles. The lowest BCUT2D eigenvalue weighted by Crippen LogP contribution is -2.43. The second-order valence-corrected chi connectivity index (χ2v) is 3.90. The van der Waals surface area contributed by atoms with E-state index in [1.165, 1.54) is 25.9 Å². The van der Waals surface area contributed by atoms with Crippen LogP contribution in [-0.4, -0.2) is 37.1 Å². The van der Waals surface area contributed by atoms with Gasteiger partial charge in [-0.25, -0.2) is 0 Å². The third kappa shape index (κ3) is 6.05. The number of hydrogen-bond donors (Lipinski definition) is 1. The molecule has 2 nitrogen and oxygen atoms in total. The lowest BCUT2D eigenvalue weighted by molar-refractivity contribution is 0.228. The van der Waals surface area contributed by atoms with Crippen LogP contribution in [0.5, 0.6) is 0 Å². The summed E-state index contributed by atoms with van der Waals surface area (Å²) in [5.41, 5.74) is 0. The molecule has 13 heavy (non-hydrogen) atoms. The van der Waals surface area contributed by atoms with Crippen LogP contribution in [0, 0.1) is 0 Å². The third-order valence-corrected chi connectivity index (χ3v) is 2.29. The van der Waals surface area contributed by atoms with Crippen molar-refractivity contribution in [3.05, 3.63) is 0 Å². The Hall–Kier alpha value is -0.0800. The molecule has 0 spiro atoms. The Morgan fingerprint density at radius 1 is 1.23 bits per heavy atom. The third-order valence-electron chi connectivity index (χ3n) is 2.29. The van der Waals surface area contributed by atoms with Gasteiger partial charge in [-0.3, -0.25) is 0 Å². The van der Waals surface area contributed by atoms with Crippen molar-refractivity contribution in [2.24, 2.45) is 0 Å². The Morgan fingerprint density at radius 3 is 2.08 bits per heavy atom. The molecule has 0 amide bonds. The largest absolute Gasteiger partial charge is 0.312 e.